The summed E-state index contributed by atoms with van der Waals surface area (Å²) in [5, 5.41) is 10.1. The highest BCUT2D eigenvalue weighted by Crippen LogP contribution is 2.58. The highest BCUT2D eigenvalue weighted by atomic mass is 35.5. The molecule has 3 aromatic carbocycles. The number of anilines is 2. The van der Waals surface area contributed by atoms with Crippen LogP contribution in [0.1, 0.15) is 35.4 Å². The van der Waals surface area contributed by atoms with Crippen LogP contribution in [-0.2, 0) is 19.2 Å². The van der Waals surface area contributed by atoms with Crippen molar-refractivity contribution in [2.75, 3.05) is 23.0 Å². The van der Waals surface area contributed by atoms with Gasteiger partial charge in [-0.2, -0.15) is 0 Å². The van der Waals surface area contributed by atoms with Crippen LogP contribution in [0.3, 0.4) is 0 Å². The van der Waals surface area contributed by atoms with Crippen molar-refractivity contribution in [3.8, 4) is 5.75 Å². The molecule has 236 valence electrons. The first-order valence-corrected chi connectivity index (χ1v) is 16.2. The molecule has 3 aromatic rings. The first-order chi connectivity index (χ1) is 22.1. The Kier molecular flexibility index (Phi) is 7.78. The summed E-state index contributed by atoms with van der Waals surface area (Å²) >= 11 is 12.8. The quantitative estimate of drug-likeness (QED) is 0.256. The van der Waals surface area contributed by atoms with Gasteiger partial charge in [0.05, 0.1) is 41.7 Å². The number of carbonyl (C=O) groups is 4. The lowest BCUT2D eigenvalue weighted by Gasteiger charge is -2.44. The number of aliphatic hydroxyl groups excluding tert-OH is 1. The predicted octanol–water partition coefficient (Wildman–Crippen LogP) is 6.03. The average Bonchev–Trinajstić information content (AvgIpc) is 3.45. The van der Waals surface area contributed by atoms with Gasteiger partial charge >= 0.3 is 0 Å². The van der Waals surface area contributed by atoms with E-state index in [1.54, 1.807) is 48.5 Å². The van der Waals surface area contributed by atoms with Crippen molar-refractivity contribution in [3.05, 3.63) is 99.0 Å². The first-order valence-electron chi connectivity index (χ1n) is 15.4. The summed E-state index contributed by atoms with van der Waals surface area (Å²) in [5.41, 5.74) is 4.22. The number of carbonyl (C=O) groups excluding carboxylic acids is 4. The van der Waals surface area contributed by atoms with Crippen molar-refractivity contribution in [3.63, 3.8) is 0 Å². The molecule has 8 nitrogen and oxygen atoms in total. The molecule has 1 N–H and O–H groups in total. The molecule has 0 aromatic heterocycles. The Hall–Kier alpha value is -3.98. The van der Waals surface area contributed by atoms with E-state index in [0.29, 0.717) is 33.6 Å². The molecule has 2 aliphatic carbocycles. The van der Waals surface area contributed by atoms with Gasteiger partial charge in [-0.15, -0.1) is 0 Å². The van der Waals surface area contributed by atoms with Crippen molar-refractivity contribution < 1.29 is 29.0 Å². The molecular formula is C36H32Cl2N2O6. The number of aliphatic hydroxyl groups is 1. The molecule has 4 aliphatic rings. The van der Waals surface area contributed by atoms with Gasteiger partial charge in [-0.1, -0.05) is 59.1 Å². The zero-order valence-corrected chi connectivity index (χ0v) is 26.8. The topological polar surface area (TPSA) is 104 Å². The molecule has 7 rings (SSSR count). The molecule has 2 heterocycles. The van der Waals surface area contributed by atoms with Crippen molar-refractivity contribution in [1.82, 2.24) is 0 Å². The third kappa shape index (κ3) is 4.77. The molecule has 4 amide bonds. The van der Waals surface area contributed by atoms with E-state index in [0.717, 1.165) is 22.3 Å². The lowest BCUT2D eigenvalue weighted by atomic mass is 9.57. The number of aryl methyl sites for hydroxylation is 2. The normalized spacial score (nSPS) is 27.0. The zero-order chi connectivity index (χ0) is 32.4. The summed E-state index contributed by atoms with van der Waals surface area (Å²) in [6.07, 6.45) is 2.64. The van der Waals surface area contributed by atoms with E-state index in [1.807, 2.05) is 32.1 Å². The van der Waals surface area contributed by atoms with Crippen LogP contribution in [0, 0.1) is 43.4 Å². The van der Waals surface area contributed by atoms with Gasteiger partial charge in [0, 0.05) is 16.0 Å². The number of ether oxygens (including phenoxy) is 1. The average molecular weight is 660 g/mol. The van der Waals surface area contributed by atoms with E-state index in [2.05, 4.69) is 0 Å². The van der Waals surface area contributed by atoms with Crippen LogP contribution in [0.15, 0.2) is 72.3 Å². The fourth-order valence-electron chi connectivity index (χ4n) is 7.85. The molecule has 2 aliphatic heterocycles. The minimum atomic E-state index is -0.699. The first kappa shape index (κ1) is 30.7. The number of imide groups is 2. The Bertz CT molecular complexity index is 1820. The van der Waals surface area contributed by atoms with Gasteiger partial charge in [0.2, 0.25) is 23.6 Å². The summed E-state index contributed by atoms with van der Waals surface area (Å²) < 4.78 is 5.57. The predicted molar refractivity (Wildman–Crippen MR) is 174 cm³/mol. The molecule has 2 saturated heterocycles. The third-order valence-corrected chi connectivity index (χ3v) is 10.9. The molecule has 6 atom stereocenters. The van der Waals surface area contributed by atoms with E-state index in [9.17, 15) is 24.3 Å². The summed E-state index contributed by atoms with van der Waals surface area (Å²) in [5.74, 6) is -4.23. The van der Waals surface area contributed by atoms with Crippen molar-refractivity contribution in [2.24, 2.45) is 29.6 Å². The molecule has 0 spiro atoms. The molecule has 46 heavy (non-hydrogen) atoms. The number of rotatable bonds is 6. The van der Waals surface area contributed by atoms with Crippen LogP contribution in [0.5, 0.6) is 5.75 Å². The van der Waals surface area contributed by atoms with Gasteiger partial charge < -0.3 is 9.84 Å². The summed E-state index contributed by atoms with van der Waals surface area (Å²) in [7, 11) is 0. The number of fused-ring (bicyclic) bond motifs is 4. The highest BCUT2D eigenvalue weighted by molar-refractivity contribution is 6.33. The minimum absolute atomic E-state index is 0.126. The fourth-order valence-corrected chi connectivity index (χ4v) is 8.20. The van der Waals surface area contributed by atoms with Gasteiger partial charge in [-0.25, -0.2) is 9.80 Å². The monoisotopic (exact) mass is 658 g/mol. The van der Waals surface area contributed by atoms with Crippen LogP contribution in [0.25, 0.3) is 0 Å². The Morgan fingerprint density at radius 3 is 1.87 bits per heavy atom. The van der Waals surface area contributed by atoms with Crippen LogP contribution < -0.4 is 14.5 Å². The van der Waals surface area contributed by atoms with E-state index in [4.69, 9.17) is 27.9 Å². The fraction of sp³-hybridized carbons (Fsp3) is 0.333. The second-order valence-electron chi connectivity index (χ2n) is 12.6. The Balaban J connectivity index is 1.31. The summed E-state index contributed by atoms with van der Waals surface area (Å²) in [6, 6.07) is 17.6. The van der Waals surface area contributed by atoms with E-state index in [-0.39, 0.29) is 43.3 Å². The Morgan fingerprint density at radius 1 is 0.739 bits per heavy atom. The van der Waals surface area contributed by atoms with Gasteiger partial charge in [0.25, 0.3) is 0 Å². The lowest BCUT2D eigenvalue weighted by Crippen LogP contribution is -2.43. The maximum absolute atomic E-state index is 14.3. The van der Waals surface area contributed by atoms with Crippen LogP contribution in [0.2, 0.25) is 10.0 Å². The number of benzene rings is 3. The zero-order valence-electron chi connectivity index (χ0n) is 25.3. The number of allylic oxidation sites excluding steroid dienone is 2. The molecule has 0 radical (unpaired) electrons. The molecule has 1 saturated carbocycles. The largest absolute Gasteiger partial charge is 0.491 e. The molecule has 0 unspecified atom stereocenters. The summed E-state index contributed by atoms with van der Waals surface area (Å²) in [6.45, 7) is 3.72. The maximum Gasteiger partial charge on any atom is 0.238 e. The lowest BCUT2D eigenvalue weighted by molar-refractivity contribution is -0.126. The van der Waals surface area contributed by atoms with Crippen LogP contribution in [0.4, 0.5) is 11.4 Å². The maximum atomic E-state index is 14.3. The second-order valence-corrected chi connectivity index (χ2v) is 13.4. The highest BCUT2D eigenvalue weighted by Gasteiger charge is 2.62. The van der Waals surface area contributed by atoms with Crippen LogP contribution in [-0.4, -0.2) is 41.9 Å². The van der Waals surface area contributed by atoms with Crippen LogP contribution >= 0.6 is 23.2 Å². The van der Waals surface area contributed by atoms with Gasteiger partial charge in [0.15, 0.2) is 0 Å². The second kappa shape index (κ2) is 11.7. The SMILES string of the molecule is Cc1ccc(N2C(=O)[C@H]3[C@H](CC=C4[C@H]3C[C@H]3C(=O)N(c5ccc(C)c(Cl)c5)C(=O)[C@H]3[C@H]4c3ccc(OCCO)cc3)C2=O)cc1Cl. The van der Waals surface area contributed by atoms with E-state index >= 15 is 0 Å². The van der Waals surface area contributed by atoms with E-state index < -0.39 is 35.5 Å². The Morgan fingerprint density at radius 2 is 1.30 bits per heavy atom. The summed E-state index contributed by atoms with van der Waals surface area (Å²) in [4.78, 5) is 59.0. The molecule has 0 bridgehead atoms. The number of nitrogens with zero attached hydrogens (tertiary/aromatic N) is 2. The number of hydrogen-bond acceptors (Lipinski definition) is 6. The smallest absolute Gasteiger partial charge is 0.238 e. The van der Waals surface area contributed by atoms with Gasteiger partial charge in [-0.3, -0.25) is 19.2 Å². The van der Waals surface area contributed by atoms with Crippen molar-refractivity contribution in [2.45, 2.75) is 32.6 Å². The third-order valence-electron chi connectivity index (χ3n) is 10.1. The number of hydrogen-bond donors (Lipinski definition) is 1. The van der Waals surface area contributed by atoms with Gasteiger partial charge in [-0.05, 0) is 85.7 Å². The minimum Gasteiger partial charge on any atom is -0.491 e. The van der Waals surface area contributed by atoms with Crippen molar-refractivity contribution >= 4 is 58.2 Å². The van der Waals surface area contributed by atoms with Crippen molar-refractivity contribution in [1.29, 1.82) is 0 Å². The molecule has 3 fully saturated rings. The van der Waals surface area contributed by atoms with Gasteiger partial charge in [0.1, 0.15) is 12.4 Å². The van der Waals surface area contributed by atoms with E-state index in [1.165, 1.54) is 9.80 Å². The number of halogens is 2. The number of amides is 4. The standard InChI is InChI=1S/C36H32Cl2N2O6/c1-18-3-7-21(15-28(18)37)39-33(42)25-12-11-24-26(31(25)35(39)44)17-27-32(30(24)20-5-9-23(10-6-20)46-14-13-41)36(45)40(34(27)43)22-8-4-19(2)29(38)16-22/h3-11,15-16,25-27,30-32,41H,12-14,17H2,1-2H3/t25-,26+,27+,30-,31-,32+/m0/s1. The Labute approximate surface area is 276 Å². The molecular weight excluding hydrogens is 627 g/mol. The molecule has 10 heteroatoms.